The third-order valence-corrected chi connectivity index (χ3v) is 19.1. The molecular weight excluding hydrogens is 1250 g/mol. The van der Waals surface area contributed by atoms with Gasteiger partial charge < -0.3 is 0 Å². The summed E-state index contributed by atoms with van der Waals surface area (Å²) in [5.74, 6) is 0. The molecule has 20 rings (SSSR count). The number of rotatable bonds is 9. The number of benzene rings is 10. The number of hydrogen-bond donors (Lipinski definition) is 0. The van der Waals surface area contributed by atoms with Gasteiger partial charge >= 0.3 is 0 Å². The molecule has 10 aromatic heterocycles. The molecule has 0 spiro atoms. The Hall–Kier alpha value is -14.1. The van der Waals surface area contributed by atoms with Crippen LogP contribution in [0, 0.1) is 0 Å². The van der Waals surface area contributed by atoms with Crippen molar-refractivity contribution in [2.75, 3.05) is 0 Å². The molecular formula is C90H54N12. The van der Waals surface area contributed by atoms with Crippen molar-refractivity contribution < 1.29 is 0 Å². The predicted octanol–water partition coefficient (Wildman–Crippen LogP) is 21.5. The summed E-state index contributed by atoms with van der Waals surface area (Å²) in [5.41, 5.74) is 25.2. The van der Waals surface area contributed by atoms with Crippen molar-refractivity contribution in [3.8, 4) is 101 Å². The zero-order valence-corrected chi connectivity index (χ0v) is 54.5. The second-order valence-corrected chi connectivity index (χ2v) is 25.3. The van der Waals surface area contributed by atoms with Gasteiger partial charge in [0, 0.05) is 90.1 Å². The van der Waals surface area contributed by atoms with Gasteiger partial charge in [0.1, 0.15) is 12.7 Å². The van der Waals surface area contributed by atoms with E-state index in [2.05, 4.69) is 266 Å². The van der Waals surface area contributed by atoms with Crippen LogP contribution in [0.4, 0.5) is 0 Å². The Morgan fingerprint density at radius 1 is 0.176 bits per heavy atom. The van der Waals surface area contributed by atoms with Gasteiger partial charge in [-0.3, -0.25) is 9.97 Å². The number of nitrogens with zero attached hydrogens (tertiary/aromatic N) is 12. The second-order valence-electron chi connectivity index (χ2n) is 25.3. The summed E-state index contributed by atoms with van der Waals surface area (Å²) in [5, 5.41) is 10.9. The van der Waals surface area contributed by atoms with Crippen LogP contribution >= 0.6 is 0 Å². The van der Waals surface area contributed by atoms with Crippen LogP contribution in [0.2, 0.25) is 0 Å². The average molecular weight is 1300 g/mol. The van der Waals surface area contributed by atoms with E-state index in [-0.39, 0.29) is 0 Å². The first-order chi connectivity index (χ1) is 50.5. The molecule has 10 heterocycles. The van der Waals surface area contributed by atoms with Crippen LogP contribution in [0.25, 0.3) is 199 Å². The molecule has 0 unspecified atom stereocenters. The molecule has 102 heavy (non-hydrogen) atoms. The van der Waals surface area contributed by atoms with E-state index in [1.165, 1.54) is 0 Å². The molecule has 0 aliphatic rings. The summed E-state index contributed by atoms with van der Waals surface area (Å²) >= 11 is 0. The third-order valence-electron chi connectivity index (χ3n) is 19.1. The van der Waals surface area contributed by atoms with E-state index < -0.39 is 0 Å². The van der Waals surface area contributed by atoms with Gasteiger partial charge in [0.15, 0.2) is 0 Å². The van der Waals surface area contributed by atoms with E-state index in [0.29, 0.717) is 0 Å². The zero-order chi connectivity index (χ0) is 67.5. The first kappa shape index (κ1) is 59.2. The molecule has 0 radical (unpaired) electrons. The smallest absolute Gasteiger partial charge is 0.116 e. The normalized spacial score (nSPS) is 11.5. The van der Waals surface area contributed by atoms with Crippen LogP contribution in [0.15, 0.2) is 329 Å². The molecule has 0 N–H and O–H groups in total. The van der Waals surface area contributed by atoms with Crippen LogP contribution in [0.1, 0.15) is 0 Å². The Bertz CT molecular complexity index is 6700. The Balaban J connectivity index is 0.000000144. The van der Waals surface area contributed by atoms with Crippen molar-refractivity contribution in [3.05, 3.63) is 329 Å². The topological polar surface area (TPSA) is 155 Å². The molecule has 0 saturated heterocycles. The van der Waals surface area contributed by atoms with E-state index in [4.69, 9.17) is 29.9 Å². The molecule has 474 valence electrons. The van der Waals surface area contributed by atoms with Crippen molar-refractivity contribution in [2.45, 2.75) is 0 Å². The maximum atomic E-state index is 5.30. The van der Waals surface area contributed by atoms with Crippen LogP contribution in [-0.2, 0) is 0 Å². The molecule has 0 bridgehead atoms. The molecule has 20 aromatic rings. The first-order valence-corrected chi connectivity index (χ1v) is 33.7. The summed E-state index contributed by atoms with van der Waals surface area (Å²) in [6, 6.07) is 101. The minimum Gasteiger partial charge on any atom is -0.254 e. The Morgan fingerprint density at radius 2 is 0.598 bits per heavy atom. The van der Waals surface area contributed by atoms with E-state index in [0.717, 1.165) is 199 Å². The SMILES string of the molecule is c1ccc(-c2ccc3ccc4ccc(-c5ccc(-c6ccc7ccc(-c8ccc9ccc(-c%10ccncn%10)nc9c8)nc7c6)c6ccccc56)nc4c3n2)cc1.c1cnc2c(c1)cc(-c1ccc(-c3ccc4ccc(-c5ccc6ccc(-c7ccncn7)nc6c5)nc4c3)cc1)c1cccnc12. The summed E-state index contributed by atoms with van der Waals surface area (Å²) in [6.07, 6.45) is 10.2. The fraction of sp³-hybridized carbons (Fsp3) is 0. The van der Waals surface area contributed by atoms with E-state index in [1.807, 2.05) is 67.0 Å². The van der Waals surface area contributed by atoms with Gasteiger partial charge in [0.2, 0.25) is 0 Å². The minimum absolute atomic E-state index is 0.793. The van der Waals surface area contributed by atoms with Gasteiger partial charge in [-0.1, -0.05) is 200 Å². The number of aromatic nitrogens is 12. The molecule has 0 fully saturated rings. The molecule has 0 aliphatic heterocycles. The highest BCUT2D eigenvalue weighted by molar-refractivity contribution is 6.11. The van der Waals surface area contributed by atoms with Crippen molar-refractivity contribution in [3.63, 3.8) is 0 Å². The lowest BCUT2D eigenvalue weighted by molar-refractivity contribution is 1.16. The minimum atomic E-state index is 0.793. The van der Waals surface area contributed by atoms with Gasteiger partial charge in [-0.15, -0.1) is 0 Å². The quantitative estimate of drug-likeness (QED) is 0.126. The zero-order valence-electron chi connectivity index (χ0n) is 54.5. The van der Waals surface area contributed by atoms with Crippen molar-refractivity contribution >= 4 is 98.0 Å². The van der Waals surface area contributed by atoms with Crippen molar-refractivity contribution in [1.29, 1.82) is 0 Å². The van der Waals surface area contributed by atoms with Crippen LogP contribution in [-0.4, -0.2) is 59.8 Å². The van der Waals surface area contributed by atoms with Gasteiger partial charge in [0.05, 0.1) is 89.7 Å². The number of fused-ring (bicyclic) bond motifs is 11. The lowest BCUT2D eigenvalue weighted by Gasteiger charge is -2.13. The fourth-order valence-corrected chi connectivity index (χ4v) is 13.9. The highest BCUT2D eigenvalue weighted by atomic mass is 14.9. The summed E-state index contributed by atoms with van der Waals surface area (Å²) in [7, 11) is 0. The lowest BCUT2D eigenvalue weighted by Crippen LogP contribution is -1.92. The third kappa shape index (κ3) is 11.0. The number of hydrogen-bond acceptors (Lipinski definition) is 12. The summed E-state index contributed by atoms with van der Waals surface area (Å²) in [6.45, 7) is 0. The average Bonchev–Trinajstić information content (AvgIpc) is 0.768. The standard InChI is InChI=1S/C50H30N6.C40H24N6/c1-2-6-31(7-3-1)42-23-18-34-12-13-35-19-24-44(56-50(35)49(34)55-42)41-21-20-38(39-8-4-5-9-40(39)41)36-14-10-32-16-22-43(53-47(32)28-36)37-15-11-33-17-25-46(54-48(33)29-37)45-26-27-51-30-52-45;1-3-31-21-33(32-4-2-19-43-40(32)39(31)42-18-1)26-7-5-25(6-8-26)29-11-9-27-13-15-34(45-37(27)22-29)30-12-10-28-14-16-36(46-38(28)23-30)35-17-20-41-24-44-35/h1-30H;1-24H. The highest BCUT2D eigenvalue weighted by Gasteiger charge is 2.17. The Morgan fingerprint density at radius 3 is 1.20 bits per heavy atom. The highest BCUT2D eigenvalue weighted by Crippen LogP contribution is 2.40. The largest absolute Gasteiger partial charge is 0.254 e. The van der Waals surface area contributed by atoms with Crippen LogP contribution in [0.3, 0.4) is 0 Å². The summed E-state index contributed by atoms with van der Waals surface area (Å²) in [4.78, 5) is 56.6. The van der Waals surface area contributed by atoms with Crippen LogP contribution in [0.5, 0.6) is 0 Å². The predicted molar refractivity (Wildman–Crippen MR) is 413 cm³/mol. The maximum Gasteiger partial charge on any atom is 0.116 e. The Kier molecular flexibility index (Phi) is 14.6. The first-order valence-electron chi connectivity index (χ1n) is 33.7. The molecule has 0 saturated carbocycles. The van der Waals surface area contributed by atoms with Gasteiger partial charge in [0.25, 0.3) is 0 Å². The molecule has 0 aliphatic carbocycles. The van der Waals surface area contributed by atoms with Gasteiger partial charge in [-0.2, -0.15) is 0 Å². The molecule has 12 nitrogen and oxygen atoms in total. The van der Waals surface area contributed by atoms with Gasteiger partial charge in [-0.05, 0) is 135 Å². The summed E-state index contributed by atoms with van der Waals surface area (Å²) < 4.78 is 0. The van der Waals surface area contributed by atoms with E-state index in [1.54, 1.807) is 25.0 Å². The molecule has 12 heteroatoms. The van der Waals surface area contributed by atoms with Crippen molar-refractivity contribution in [1.82, 2.24) is 59.8 Å². The van der Waals surface area contributed by atoms with Crippen molar-refractivity contribution in [2.24, 2.45) is 0 Å². The molecule has 0 amide bonds. The fourth-order valence-electron chi connectivity index (χ4n) is 13.9. The van der Waals surface area contributed by atoms with Gasteiger partial charge in [-0.25, -0.2) is 49.8 Å². The lowest BCUT2D eigenvalue weighted by atomic mass is 9.93. The maximum absolute atomic E-state index is 5.30. The monoisotopic (exact) mass is 1300 g/mol. The van der Waals surface area contributed by atoms with E-state index in [9.17, 15) is 0 Å². The Labute approximate surface area is 584 Å². The van der Waals surface area contributed by atoms with Crippen LogP contribution < -0.4 is 0 Å². The second kappa shape index (κ2) is 25.1. The molecule has 0 atom stereocenters. The molecule has 10 aromatic carbocycles. The van der Waals surface area contributed by atoms with E-state index >= 15 is 0 Å². The number of pyridine rings is 8.